The second-order valence-electron chi connectivity index (χ2n) is 5.57. The van der Waals surface area contributed by atoms with Crippen molar-refractivity contribution in [1.29, 1.82) is 0 Å². The fourth-order valence-electron chi connectivity index (χ4n) is 3.25. The minimum Gasteiger partial charge on any atom is -0.465 e. The summed E-state index contributed by atoms with van der Waals surface area (Å²) < 4.78 is 18.2. The van der Waals surface area contributed by atoms with Crippen molar-refractivity contribution in [3.05, 3.63) is 29.6 Å². The summed E-state index contributed by atoms with van der Waals surface area (Å²) >= 11 is 0. The zero-order valence-electron chi connectivity index (χ0n) is 11.6. The highest BCUT2D eigenvalue weighted by molar-refractivity contribution is 5.95. The third kappa shape index (κ3) is 2.50. The van der Waals surface area contributed by atoms with E-state index in [9.17, 15) is 9.18 Å². The summed E-state index contributed by atoms with van der Waals surface area (Å²) in [6.45, 7) is 3.26. The normalized spacial score (nSPS) is 28.2. The van der Waals surface area contributed by atoms with E-state index in [2.05, 4.69) is 10.2 Å². The topological polar surface area (TPSA) is 41.6 Å². The van der Waals surface area contributed by atoms with E-state index in [1.54, 1.807) is 0 Å². The number of rotatable bonds is 3. The van der Waals surface area contributed by atoms with E-state index in [1.807, 2.05) is 0 Å². The van der Waals surface area contributed by atoms with Gasteiger partial charge in [-0.25, -0.2) is 9.18 Å². The fraction of sp³-hybridized carbons (Fsp3) is 0.533. The van der Waals surface area contributed by atoms with Crippen LogP contribution < -0.4 is 5.32 Å². The maximum absolute atomic E-state index is 13.5. The number of carbonyl (C=O) groups is 1. The van der Waals surface area contributed by atoms with E-state index in [0.29, 0.717) is 17.2 Å². The van der Waals surface area contributed by atoms with Crippen LogP contribution in [0.3, 0.4) is 0 Å². The van der Waals surface area contributed by atoms with Crippen LogP contribution in [0.4, 0.5) is 10.1 Å². The number of carbonyl (C=O) groups excluding carboxylic acids is 1. The van der Waals surface area contributed by atoms with Gasteiger partial charge in [0.1, 0.15) is 5.82 Å². The molecule has 0 aliphatic carbocycles. The molecule has 1 atom stereocenters. The number of fused-ring (bicyclic) bond motifs is 3. The van der Waals surface area contributed by atoms with Crippen LogP contribution in [-0.2, 0) is 4.74 Å². The highest BCUT2D eigenvalue weighted by Gasteiger charge is 2.34. The number of halogens is 1. The molecule has 3 fully saturated rings. The van der Waals surface area contributed by atoms with Gasteiger partial charge in [0.25, 0.3) is 0 Å². The Kier molecular flexibility index (Phi) is 3.61. The molecule has 1 N–H and O–H groups in total. The summed E-state index contributed by atoms with van der Waals surface area (Å²) in [5.74, 6) is -0.177. The van der Waals surface area contributed by atoms with Crippen LogP contribution in [0.15, 0.2) is 18.2 Å². The van der Waals surface area contributed by atoms with Gasteiger partial charge in [0.2, 0.25) is 0 Å². The Hall–Kier alpha value is -1.62. The maximum Gasteiger partial charge on any atom is 0.339 e. The Morgan fingerprint density at radius 1 is 1.40 bits per heavy atom. The van der Waals surface area contributed by atoms with Gasteiger partial charge >= 0.3 is 5.97 Å². The summed E-state index contributed by atoms with van der Waals surface area (Å²) in [5, 5.41) is 3.35. The van der Waals surface area contributed by atoms with E-state index >= 15 is 0 Å². The molecule has 0 saturated carbocycles. The molecule has 4 nitrogen and oxygen atoms in total. The van der Waals surface area contributed by atoms with Gasteiger partial charge in [-0.05, 0) is 50.0 Å². The van der Waals surface area contributed by atoms with Crippen molar-refractivity contribution in [2.24, 2.45) is 5.92 Å². The number of piperidine rings is 3. The standard InChI is InChI=1S/C15H19FN2O2/c1-20-15(19)12-3-2-11(16)8-13(12)17-14-9-18-6-4-10(14)5-7-18/h2-3,8,10,14,17H,4-7,9H2,1H3. The molecule has 3 aliphatic heterocycles. The number of hydrogen-bond acceptors (Lipinski definition) is 4. The monoisotopic (exact) mass is 278 g/mol. The highest BCUT2D eigenvalue weighted by atomic mass is 19.1. The second kappa shape index (κ2) is 5.40. The van der Waals surface area contributed by atoms with Gasteiger partial charge in [-0.3, -0.25) is 0 Å². The zero-order chi connectivity index (χ0) is 14.1. The molecule has 0 amide bonds. The van der Waals surface area contributed by atoms with Crippen molar-refractivity contribution in [2.75, 3.05) is 32.1 Å². The van der Waals surface area contributed by atoms with Gasteiger partial charge in [-0.2, -0.15) is 0 Å². The quantitative estimate of drug-likeness (QED) is 0.860. The molecule has 0 aromatic heterocycles. The third-order valence-corrected chi connectivity index (χ3v) is 4.38. The van der Waals surface area contributed by atoms with Crippen LogP contribution in [0.5, 0.6) is 0 Å². The summed E-state index contributed by atoms with van der Waals surface area (Å²) in [4.78, 5) is 14.2. The molecular formula is C15H19FN2O2. The van der Waals surface area contributed by atoms with Crippen molar-refractivity contribution in [3.63, 3.8) is 0 Å². The molecule has 0 radical (unpaired) electrons. The lowest BCUT2D eigenvalue weighted by molar-refractivity contribution is 0.0601. The number of nitrogens with zero attached hydrogens (tertiary/aromatic N) is 1. The van der Waals surface area contributed by atoms with Gasteiger partial charge < -0.3 is 15.0 Å². The number of esters is 1. The minimum atomic E-state index is -0.436. The molecular weight excluding hydrogens is 259 g/mol. The van der Waals surface area contributed by atoms with Gasteiger partial charge in [-0.1, -0.05) is 0 Å². The first-order valence-electron chi connectivity index (χ1n) is 7.04. The van der Waals surface area contributed by atoms with Crippen LogP contribution in [0.2, 0.25) is 0 Å². The van der Waals surface area contributed by atoms with Gasteiger partial charge in [0.05, 0.1) is 18.4 Å². The Morgan fingerprint density at radius 3 is 2.75 bits per heavy atom. The van der Waals surface area contributed by atoms with E-state index < -0.39 is 5.97 Å². The predicted molar refractivity (Wildman–Crippen MR) is 74.3 cm³/mol. The molecule has 5 heteroatoms. The first kappa shape index (κ1) is 13.4. The molecule has 2 bridgehead atoms. The average Bonchev–Trinajstić information content (AvgIpc) is 2.48. The van der Waals surface area contributed by atoms with Crippen LogP contribution in [0.1, 0.15) is 23.2 Å². The highest BCUT2D eigenvalue weighted by Crippen LogP contribution is 2.31. The number of nitrogens with one attached hydrogen (secondary N) is 1. The van der Waals surface area contributed by atoms with Gasteiger partial charge in [0, 0.05) is 12.6 Å². The number of methoxy groups -OCH3 is 1. The Balaban J connectivity index is 1.82. The van der Waals surface area contributed by atoms with Crippen molar-refractivity contribution in [1.82, 2.24) is 4.90 Å². The molecule has 4 rings (SSSR count). The number of ether oxygens (including phenoxy) is 1. The van der Waals surface area contributed by atoms with Gasteiger partial charge in [-0.15, -0.1) is 0 Å². The number of benzene rings is 1. The predicted octanol–water partition coefficient (Wildman–Crippen LogP) is 2.12. The summed E-state index contributed by atoms with van der Waals surface area (Å²) in [6.07, 6.45) is 2.33. The van der Waals surface area contributed by atoms with Crippen molar-refractivity contribution in [2.45, 2.75) is 18.9 Å². The molecule has 0 spiro atoms. The van der Waals surface area contributed by atoms with Gasteiger partial charge in [0.15, 0.2) is 0 Å². The van der Waals surface area contributed by atoms with Crippen LogP contribution >= 0.6 is 0 Å². The Bertz CT molecular complexity index is 513. The second-order valence-corrected chi connectivity index (χ2v) is 5.57. The van der Waals surface area contributed by atoms with E-state index in [0.717, 1.165) is 19.6 Å². The van der Waals surface area contributed by atoms with Crippen molar-refractivity contribution >= 4 is 11.7 Å². The number of anilines is 1. The molecule has 108 valence electrons. The van der Waals surface area contributed by atoms with E-state index in [1.165, 1.54) is 38.2 Å². The Labute approximate surface area is 117 Å². The van der Waals surface area contributed by atoms with E-state index in [4.69, 9.17) is 4.74 Å². The molecule has 1 aromatic carbocycles. The first-order chi connectivity index (χ1) is 9.67. The van der Waals surface area contributed by atoms with E-state index in [-0.39, 0.29) is 11.9 Å². The smallest absolute Gasteiger partial charge is 0.339 e. The number of hydrogen-bond donors (Lipinski definition) is 1. The first-order valence-corrected chi connectivity index (χ1v) is 7.04. The molecule has 1 aromatic rings. The molecule has 1 unspecified atom stereocenters. The van der Waals surface area contributed by atoms with Crippen LogP contribution in [0.25, 0.3) is 0 Å². The lowest BCUT2D eigenvalue weighted by Gasteiger charge is -2.45. The fourth-order valence-corrected chi connectivity index (χ4v) is 3.25. The lowest BCUT2D eigenvalue weighted by Crippen LogP contribution is -2.53. The molecule has 3 heterocycles. The zero-order valence-corrected chi connectivity index (χ0v) is 11.6. The lowest BCUT2D eigenvalue weighted by atomic mass is 9.84. The van der Waals surface area contributed by atoms with Crippen molar-refractivity contribution in [3.8, 4) is 0 Å². The largest absolute Gasteiger partial charge is 0.465 e. The Morgan fingerprint density at radius 2 is 2.15 bits per heavy atom. The third-order valence-electron chi connectivity index (χ3n) is 4.38. The summed E-state index contributed by atoms with van der Waals surface area (Å²) in [5.41, 5.74) is 0.931. The maximum atomic E-state index is 13.5. The molecule has 20 heavy (non-hydrogen) atoms. The van der Waals surface area contributed by atoms with Crippen molar-refractivity contribution < 1.29 is 13.9 Å². The SMILES string of the molecule is COC(=O)c1ccc(F)cc1NC1CN2CCC1CC2. The summed E-state index contributed by atoms with van der Waals surface area (Å²) in [6, 6.07) is 4.42. The van der Waals surface area contributed by atoms with Crippen LogP contribution in [-0.4, -0.2) is 43.7 Å². The van der Waals surface area contributed by atoms with Crippen LogP contribution in [0, 0.1) is 11.7 Å². The molecule has 3 saturated heterocycles. The minimum absolute atomic E-state index is 0.280. The molecule has 3 aliphatic rings. The summed E-state index contributed by atoms with van der Waals surface area (Å²) in [7, 11) is 1.34. The average molecular weight is 278 g/mol.